The first-order valence-corrected chi connectivity index (χ1v) is 6.14. The third-order valence-electron chi connectivity index (χ3n) is 1.97. The van der Waals surface area contributed by atoms with E-state index in [1.165, 1.54) is 11.8 Å². The van der Waals surface area contributed by atoms with Crippen molar-refractivity contribution in [2.75, 3.05) is 12.0 Å². The van der Waals surface area contributed by atoms with Crippen LogP contribution < -0.4 is 0 Å². The van der Waals surface area contributed by atoms with Gasteiger partial charge in [0.2, 0.25) is 0 Å². The van der Waals surface area contributed by atoms with Gasteiger partial charge in [-0.2, -0.15) is 11.8 Å². The molecule has 0 aliphatic rings. The molecule has 0 spiro atoms. The van der Waals surface area contributed by atoms with Gasteiger partial charge in [-0.15, -0.1) is 0 Å². The summed E-state index contributed by atoms with van der Waals surface area (Å²) in [5.74, 6) is -0.761. The van der Waals surface area contributed by atoms with Gasteiger partial charge < -0.3 is 14.9 Å². The van der Waals surface area contributed by atoms with Gasteiger partial charge in [0.25, 0.3) is 0 Å². The van der Waals surface area contributed by atoms with Crippen LogP contribution in [0.25, 0.3) is 0 Å². The van der Waals surface area contributed by atoms with Gasteiger partial charge in [0.1, 0.15) is 0 Å². The summed E-state index contributed by atoms with van der Waals surface area (Å²) in [6, 6.07) is 8.69. The van der Waals surface area contributed by atoms with Crippen LogP contribution in [0.4, 0.5) is 0 Å². The molecule has 0 aliphatic carbocycles. The fourth-order valence-corrected chi connectivity index (χ4v) is 1.70. The number of ether oxygens (including phenoxy) is 1. The fraction of sp³-hybridized carbons (Fsp3) is 0.364. The molecule has 0 fully saturated rings. The lowest BCUT2D eigenvalue weighted by Gasteiger charge is -2.17. The van der Waals surface area contributed by atoms with Crippen LogP contribution in [0.2, 0.25) is 0 Å². The van der Waals surface area contributed by atoms with E-state index in [0.29, 0.717) is 11.3 Å². The summed E-state index contributed by atoms with van der Waals surface area (Å²) in [6.45, 7) is 0. The lowest BCUT2D eigenvalue weighted by atomic mass is 10.2. The third-order valence-corrected chi connectivity index (χ3v) is 2.61. The Hall–Kier alpha value is -1.04. The number of aliphatic carboxylic acids is 1. The number of carbonyl (C=O) groups is 1. The van der Waals surface area contributed by atoms with Crippen molar-refractivity contribution in [1.82, 2.24) is 0 Å². The van der Waals surface area contributed by atoms with Crippen molar-refractivity contribution < 1.29 is 19.7 Å². The molecular weight excluding hydrogens is 228 g/mol. The summed E-state index contributed by atoms with van der Waals surface area (Å²) in [4.78, 5) is 10.8. The molecule has 16 heavy (non-hydrogen) atoms. The predicted molar refractivity (Wildman–Crippen MR) is 62.3 cm³/mol. The highest BCUT2D eigenvalue weighted by Gasteiger charge is 2.21. The number of benzene rings is 1. The van der Waals surface area contributed by atoms with Gasteiger partial charge >= 0.3 is 5.97 Å². The third kappa shape index (κ3) is 3.84. The molecule has 0 aliphatic heterocycles. The molecule has 0 radical (unpaired) electrons. The summed E-state index contributed by atoms with van der Waals surface area (Å²) in [6.07, 6.45) is -0.409. The van der Waals surface area contributed by atoms with Crippen LogP contribution in [0.5, 0.6) is 0 Å². The molecule has 0 bridgehead atoms. The summed E-state index contributed by atoms with van der Waals surface area (Å²) >= 11 is 1.36. The normalized spacial score (nSPS) is 14.4. The molecule has 1 rings (SSSR count). The SMILES string of the molecule is CSCC(OC(O)c1ccccc1)C(=O)O. The minimum atomic E-state index is -1.20. The molecule has 2 atom stereocenters. The van der Waals surface area contributed by atoms with E-state index in [-0.39, 0.29) is 0 Å². The Balaban J connectivity index is 2.61. The highest BCUT2D eigenvalue weighted by molar-refractivity contribution is 7.98. The topological polar surface area (TPSA) is 66.8 Å². The van der Waals surface area contributed by atoms with Crippen molar-refractivity contribution in [1.29, 1.82) is 0 Å². The van der Waals surface area contributed by atoms with Gasteiger partial charge in [0.05, 0.1) is 0 Å². The van der Waals surface area contributed by atoms with Crippen molar-refractivity contribution >= 4 is 17.7 Å². The summed E-state index contributed by atoms with van der Waals surface area (Å²) in [5.41, 5.74) is 0.551. The van der Waals surface area contributed by atoms with Gasteiger partial charge in [-0.05, 0) is 6.26 Å². The summed E-state index contributed by atoms with van der Waals surface area (Å²) < 4.78 is 5.07. The van der Waals surface area contributed by atoms with Gasteiger partial charge in [0.15, 0.2) is 12.4 Å². The minimum absolute atomic E-state index is 0.305. The fourth-order valence-electron chi connectivity index (χ4n) is 1.17. The monoisotopic (exact) mass is 242 g/mol. The van der Waals surface area contributed by atoms with Crippen LogP contribution in [0, 0.1) is 0 Å². The van der Waals surface area contributed by atoms with E-state index in [0.717, 1.165) is 0 Å². The first-order valence-electron chi connectivity index (χ1n) is 4.75. The lowest BCUT2D eigenvalue weighted by molar-refractivity contribution is -0.172. The van der Waals surface area contributed by atoms with Crippen LogP contribution in [0.3, 0.4) is 0 Å². The number of rotatable bonds is 6. The van der Waals surface area contributed by atoms with Crippen molar-refractivity contribution in [3.05, 3.63) is 35.9 Å². The molecule has 5 heteroatoms. The highest BCUT2D eigenvalue weighted by atomic mass is 32.2. The number of carboxylic acid groups (broad SMARTS) is 1. The van der Waals surface area contributed by atoms with Crippen LogP contribution in [-0.4, -0.2) is 34.3 Å². The Kier molecular flexibility index (Phi) is 5.31. The smallest absolute Gasteiger partial charge is 0.333 e. The molecule has 4 nitrogen and oxygen atoms in total. The van der Waals surface area contributed by atoms with Crippen LogP contribution >= 0.6 is 11.8 Å². The molecule has 0 amide bonds. The Morgan fingerprint density at radius 1 is 1.44 bits per heavy atom. The minimum Gasteiger partial charge on any atom is -0.479 e. The average Bonchev–Trinajstić information content (AvgIpc) is 2.29. The van der Waals surface area contributed by atoms with Crippen molar-refractivity contribution in [3.63, 3.8) is 0 Å². The van der Waals surface area contributed by atoms with E-state index in [9.17, 15) is 9.90 Å². The Morgan fingerprint density at radius 3 is 2.56 bits per heavy atom. The van der Waals surface area contributed by atoms with Crippen molar-refractivity contribution in [3.8, 4) is 0 Å². The summed E-state index contributed by atoms with van der Waals surface area (Å²) in [7, 11) is 0. The van der Waals surface area contributed by atoms with Gasteiger partial charge in [-0.25, -0.2) is 4.79 Å². The van der Waals surface area contributed by atoms with E-state index in [1.54, 1.807) is 30.5 Å². The zero-order valence-corrected chi connectivity index (χ0v) is 9.68. The van der Waals surface area contributed by atoms with E-state index in [1.807, 2.05) is 6.07 Å². The summed E-state index contributed by atoms with van der Waals surface area (Å²) in [5, 5.41) is 18.5. The molecule has 2 unspecified atom stereocenters. The quantitative estimate of drug-likeness (QED) is 0.740. The Morgan fingerprint density at radius 2 is 2.06 bits per heavy atom. The second-order valence-corrected chi connectivity index (χ2v) is 4.09. The van der Waals surface area contributed by atoms with Gasteiger partial charge in [-0.3, -0.25) is 0 Å². The van der Waals surface area contributed by atoms with E-state index in [4.69, 9.17) is 9.84 Å². The first-order chi connectivity index (χ1) is 7.65. The number of hydrogen-bond acceptors (Lipinski definition) is 4. The number of thioether (sulfide) groups is 1. The largest absolute Gasteiger partial charge is 0.479 e. The molecule has 2 N–H and O–H groups in total. The molecule has 1 aromatic carbocycles. The molecule has 1 aromatic rings. The van der Waals surface area contributed by atoms with Crippen molar-refractivity contribution in [2.45, 2.75) is 12.4 Å². The van der Waals surface area contributed by atoms with Crippen LogP contribution in [-0.2, 0) is 9.53 Å². The highest BCUT2D eigenvalue weighted by Crippen LogP contribution is 2.17. The standard InChI is InChI=1S/C11H14O4S/c1-16-7-9(10(12)13)15-11(14)8-5-3-2-4-6-8/h2-6,9,11,14H,7H2,1H3,(H,12,13). The Labute approximate surface area is 98.2 Å². The van der Waals surface area contributed by atoms with Crippen LogP contribution in [0.1, 0.15) is 11.9 Å². The molecular formula is C11H14O4S. The maximum atomic E-state index is 10.8. The number of carboxylic acids is 1. The first kappa shape index (κ1) is 13.0. The molecule has 88 valence electrons. The Bertz CT molecular complexity index is 328. The zero-order chi connectivity index (χ0) is 12.0. The molecule has 0 heterocycles. The number of aliphatic hydroxyl groups is 1. The zero-order valence-electron chi connectivity index (χ0n) is 8.87. The lowest BCUT2D eigenvalue weighted by Crippen LogP contribution is -2.28. The predicted octanol–water partition coefficient (Wildman–Crippen LogP) is 1.51. The van der Waals surface area contributed by atoms with Crippen LogP contribution in [0.15, 0.2) is 30.3 Å². The maximum Gasteiger partial charge on any atom is 0.333 e. The maximum absolute atomic E-state index is 10.8. The second-order valence-electron chi connectivity index (χ2n) is 3.18. The second kappa shape index (κ2) is 6.52. The van der Waals surface area contributed by atoms with Crippen molar-refractivity contribution in [2.24, 2.45) is 0 Å². The average molecular weight is 242 g/mol. The molecule has 0 saturated heterocycles. The van der Waals surface area contributed by atoms with Gasteiger partial charge in [0, 0.05) is 11.3 Å². The molecule has 0 aromatic heterocycles. The number of aliphatic hydroxyl groups excluding tert-OH is 1. The number of hydrogen-bond donors (Lipinski definition) is 2. The molecule has 0 saturated carbocycles. The van der Waals surface area contributed by atoms with Gasteiger partial charge in [-0.1, -0.05) is 30.3 Å². The van der Waals surface area contributed by atoms with E-state index in [2.05, 4.69) is 0 Å². The van der Waals surface area contributed by atoms with E-state index >= 15 is 0 Å². The van der Waals surface area contributed by atoms with E-state index < -0.39 is 18.4 Å².